The van der Waals surface area contributed by atoms with Crippen LogP contribution in [0, 0.1) is 5.41 Å². The Morgan fingerprint density at radius 1 is 1.47 bits per heavy atom. The van der Waals surface area contributed by atoms with Crippen molar-refractivity contribution in [3.8, 4) is 0 Å². The van der Waals surface area contributed by atoms with E-state index in [4.69, 9.17) is 11.6 Å². The number of benzene rings is 1. The first kappa shape index (κ1) is 14.4. The predicted molar refractivity (Wildman–Crippen MR) is 79.5 cm³/mol. The molecule has 1 aromatic rings. The molecule has 2 rings (SSSR count). The summed E-state index contributed by atoms with van der Waals surface area (Å²) in [6, 6.07) is 7.38. The van der Waals surface area contributed by atoms with E-state index in [0.717, 1.165) is 38.8 Å². The highest BCUT2D eigenvalue weighted by Gasteiger charge is 2.38. The first-order valence-electron chi connectivity index (χ1n) is 6.95. The zero-order chi connectivity index (χ0) is 13.7. The second-order valence-corrected chi connectivity index (χ2v) is 5.65. The Morgan fingerprint density at radius 3 is 2.89 bits per heavy atom. The Labute approximate surface area is 119 Å². The number of carbonyl (C=O) groups excluding carboxylic acids is 1. The lowest BCUT2D eigenvalue weighted by Gasteiger charge is -2.36. The van der Waals surface area contributed by atoms with Crippen molar-refractivity contribution >= 4 is 23.2 Å². The second kappa shape index (κ2) is 6.40. The molecule has 0 aliphatic carbocycles. The number of carbonyl (C=O) groups is 1. The van der Waals surface area contributed by atoms with Gasteiger partial charge < -0.3 is 10.6 Å². The molecule has 0 radical (unpaired) electrons. The molecule has 1 aliphatic rings. The van der Waals surface area contributed by atoms with Gasteiger partial charge in [0, 0.05) is 6.54 Å². The van der Waals surface area contributed by atoms with E-state index in [1.165, 1.54) is 0 Å². The van der Waals surface area contributed by atoms with E-state index in [1.807, 2.05) is 18.2 Å². The molecule has 1 heterocycles. The molecular formula is C15H21ClN2O. The standard InChI is InChI=1S/C15H21ClN2O/c1-2-8-15(9-5-10-17-11-15)14(19)18-13-7-4-3-6-12(13)16/h3-4,6-7,17H,2,5,8-11H2,1H3,(H,18,19). The van der Waals surface area contributed by atoms with E-state index in [9.17, 15) is 4.79 Å². The molecule has 1 atom stereocenters. The van der Waals surface area contributed by atoms with Crippen LogP contribution in [-0.4, -0.2) is 19.0 Å². The lowest BCUT2D eigenvalue weighted by atomic mass is 9.76. The van der Waals surface area contributed by atoms with Crippen LogP contribution in [-0.2, 0) is 4.79 Å². The molecule has 1 amide bonds. The molecule has 3 nitrogen and oxygen atoms in total. The van der Waals surface area contributed by atoms with Gasteiger partial charge in [0.05, 0.1) is 16.1 Å². The molecule has 2 N–H and O–H groups in total. The second-order valence-electron chi connectivity index (χ2n) is 5.24. The van der Waals surface area contributed by atoms with Crippen LogP contribution in [0.25, 0.3) is 0 Å². The molecule has 1 saturated heterocycles. The molecule has 1 aliphatic heterocycles. The Kier molecular flexibility index (Phi) is 4.83. The molecule has 1 unspecified atom stereocenters. The lowest BCUT2D eigenvalue weighted by Crippen LogP contribution is -2.48. The molecule has 0 bridgehead atoms. The third-order valence-electron chi connectivity index (χ3n) is 3.80. The van der Waals surface area contributed by atoms with Gasteiger partial charge in [0.1, 0.15) is 0 Å². The first-order chi connectivity index (χ1) is 9.18. The molecule has 0 spiro atoms. The fourth-order valence-corrected chi connectivity index (χ4v) is 2.97. The van der Waals surface area contributed by atoms with E-state index in [-0.39, 0.29) is 11.3 Å². The van der Waals surface area contributed by atoms with Crippen molar-refractivity contribution in [2.45, 2.75) is 32.6 Å². The maximum absolute atomic E-state index is 12.6. The topological polar surface area (TPSA) is 41.1 Å². The largest absolute Gasteiger partial charge is 0.324 e. The van der Waals surface area contributed by atoms with E-state index < -0.39 is 0 Å². The molecule has 104 valence electrons. The summed E-state index contributed by atoms with van der Waals surface area (Å²) in [6.07, 6.45) is 3.92. The third kappa shape index (κ3) is 3.28. The van der Waals surface area contributed by atoms with Crippen molar-refractivity contribution in [1.82, 2.24) is 5.32 Å². The third-order valence-corrected chi connectivity index (χ3v) is 4.13. The number of nitrogens with one attached hydrogen (secondary N) is 2. The number of piperidine rings is 1. The Hall–Kier alpha value is -1.06. The zero-order valence-corrected chi connectivity index (χ0v) is 12.1. The minimum Gasteiger partial charge on any atom is -0.324 e. The predicted octanol–water partition coefficient (Wildman–Crippen LogP) is 3.45. The van der Waals surface area contributed by atoms with E-state index in [1.54, 1.807) is 6.07 Å². The minimum atomic E-state index is -0.286. The number of halogens is 1. The maximum atomic E-state index is 12.6. The lowest BCUT2D eigenvalue weighted by molar-refractivity contribution is -0.127. The molecule has 0 saturated carbocycles. The maximum Gasteiger partial charge on any atom is 0.231 e. The number of para-hydroxylation sites is 1. The van der Waals surface area contributed by atoms with E-state index >= 15 is 0 Å². The quantitative estimate of drug-likeness (QED) is 0.887. The van der Waals surface area contributed by atoms with Gasteiger partial charge in [0.15, 0.2) is 0 Å². The van der Waals surface area contributed by atoms with Crippen molar-refractivity contribution in [1.29, 1.82) is 0 Å². The van der Waals surface area contributed by atoms with Crippen LogP contribution in [0.1, 0.15) is 32.6 Å². The number of hydrogen-bond acceptors (Lipinski definition) is 2. The molecule has 0 aromatic heterocycles. The summed E-state index contributed by atoms with van der Waals surface area (Å²) in [5.74, 6) is 0.0923. The van der Waals surface area contributed by atoms with Crippen molar-refractivity contribution < 1.29 is 4.79 Å². The number of anilines is 1. The van der Waals surface area contributed by atoms with Crippen LogP contribution in [0.5, 0.6) is 0 Å². The van der Waals surface area contributed by atoms with Gasteiger partial charge in [0.2, 0.25) is 5.91 Å². The first-order valence-corrected chi connectivity index (χ1v) is 7.32. The number of hydrogen-bond donors (Lipinski definition) is 2. The molecule has 4 heteroatoms. The normalized spacial score (nSPS) is 23.1. The highest BCUT2D eigenvalue weighted by molar-refractivity contribution is 6.33. The van der Waals surface area contributed by atoms with Crippen LogP contribution in [0.4, 0.5) is 5.69 Å². The van der Waals surface area contributed by atoms with Gasteiger partial charge >= 0.3 is 0 Å². The Bertz CT molecular complexity index is 436. The fraction of sp³-hybridized carbons (Fsp3) is 0.533. The van der Waals surface area contributed by atoms with Crippen molar-refractivity contribution in [3.63, 3.8) is 0 Å². The van der Waals surface area contributed by atoms with Crippen molar-refractivity contribution in [2.24, 2.45) is 5.41 Å². The molecule has 1 aromatic carbocycles. The SMILES string of the molecule is CCCC1(C(=O)Nc2ccccc2Cl)CCCNC1. The van der Waals surface area contributed by atoms with E-state index in [0.29, 0.717) is 10.7 Å². The highest BCUT2D eigenvalue weighted by atomic mass is 35.5. The highest BCUT2D eigenvalue weighted by Crippen LogP contribution is 2.34. The van der Waals surface area contributed by atoms with Gasteiger partial charge in [-0.25, -0.2) is 0 Å². The van der Waals surface area contributed by atoms with Crippen LogP contribution in [0.3, 0.4) is 0 Å². The Balaban J connectivity index is 2.14. The van der Waals surface area contributed by atoms with Gasteiger partial charge in [-0.05, 0) is 37.9 Å². The Morgan fingerprint density at radius 2 is 2.26 bits per heavy atom. The number of amides is 1. The summed E-state index contributed by atoms with van der Waals surface area (Å²) in [7, 11) is 0. The van der Waals surface area contributed by atoms with Crippen LogP contribution < -0.4 is 10.6 Å². The van der Waals surface area contributed by atoms with Gasteiger partial charge in [-0.15, -0.1) is 0 Å². The zero-order valence-electron chi connectivity index (χ0n) is 11.3. The minimum absolute atomic E-state index is 0.0923. The monoisotopic (exact) mass is 280 g/mol. The number of rotatable bonds is 4. The summed E-state index contributed by atoms with van der Waals surface area (Å²) in [6.45, 7) is 3.89. The van der Waals surface area contributed by atoms with Crippen molar-refractivity contribution in [2.75, 3.05) is 18.4 Å². The molecular weight excluding hydrogens is 260 g/mol. The van der Waals surface area contributed by atoms with Gasteiger partial charge in [-0.3, -0.25) is 4.79 Å². The molecule has 1 fully saturated rings. The average Bonchev–Trinajstić information content (AvgIpc) is 2.42. The van der Waals surface area contributed by atoms with Crippen LogP contribution in [0.2, 0.25) is 5.02 Å². The van der Waals surface area contributed by atoms with Crippen molar-refractivity contribution in [3.05, 3.63) is 29.3 Å². The summed E-state index contributed by atoms with van der Waals surface area (Å²) >= 11 is 6.10. The summed E-state index contributed by atoms with van der Waals surface area (Å²) in [5.41, 5.74) is 0.418. The van der Waals surface area contributed by atoms with Gasteiger partial charge in [0.25, 0.3) is 0 Å². The van der Waals surface area contributed by atoms with Gasteiger partial charge in [-0.1, -0.05) is 37.1 Å². The summed E-state index contributed by atoms with van der Waals surface area (Å²) < 4.78 is 0. The van der Waals surface area contributed by atoms with Crippen LogP contribution >= 0.6 is 11.6 Å². The average molecular weight is 281 g/mol. The smallest absolute Gasteiger partial charge is 0.231 e. The summed E-state index contributed by atoms with van der Waals surface area (Å²) in [4.78, 5) is 12.6. The van der Waals surface area contributed by atoms with Gasteiger partial charge in [-0.2, -0.15) is 0 Å². The molecule has 19 heavy (non-hydrogen) atoms. The summed E-state index contributed by atoms with van der Waals surface area (Å²) in [5, 5.41) is 6.93. The van der Waals surface area contributed by atoms with E-state index in [2.05, 4.69) is 17.6 Å². The van der Waals surface area contributed by atoms with Crippen LogP contribution in [0.15, 0.2) is 24.3 Å². The fourth-order valence-electron chi connectivity index (χ4n) is 2.78.